The van der Waals surface area contributed by atoms with Gasteiger partial charge in [0.1, 0.15) is 5.52 Å². The molecule has 1 aliphatic heterocycles. The molecule has 6 nitrogen and oxygen atoms in total. The van der Waals surface area contributed by atoms with E-state index >= 15 is 0 Å². The van der Waals surface area contributed by atoms with Gasteiger partial charge in [0.2, 0.25) is 5.91 Å². The van der Waals surface area contributed by atoms with Crippen LogP contribution in [0, 0.1) is 5.92 Å². The Morgan fingerprint density at radius 1 is 1.24 bits per heavy atom. The summed E-state index contributed by atoms with van der Waals surface area (Å²) in [5.74, 6) is -0.000983. The lowest BCUT2D eigenvalue weighted by Crippen LogP contribution is -2.43. The molecular formula is C19H20N4O2. The largest absolute Gasteiger partial charge is 0.423 e. The third kappa shape index (κ3) is 3.47. The second kappa shape index (κ2) is 6.93. The summed E-state index contributed by atoms with van der Waals surface area (Å²) in [6.07, 6.45) is 3.56. The number of nitrogens with zero attached hydrogens (tertiary/aromatic N) is 3. The Hall–Kier alpha value is -2.89. The van der Waals surface area contributed by atoms with Gasteiger partial charge in [-0.15, -0.1) is 0 Å². The molecule has 6 heteroatoms. The maximum atomic E-state index is 12.5. The molecule has 0 saturated carbocycles. The summed E-state index contributed by atoms with van der Waals surface area (Å²) < 4.78 is 5.84. The van der Waals surface area contributed by atoms with Gasteiger partial charge in [-0.25, -0.2) is 0 Å². The van der Waals surface area contributed by atoms with E-state index in [9.17, 15) is 4.79 Å². The van der Waals surface area contributed by atoms with Crippen molar-refractivity contribution < 1.29 is 9.21 Å². The molecule has 0 aliphatic carbocycles. The number of rotatable bonds is 4. The maximum Gasteiger partial charge on any atom is 0.298 e. The molecule has 3 heterocycles. The predicted octanol–water partition coefficient (Wildman–Crippen LogP) is 2.76. The molecule has 1 amide bonds. The number of carbonyl (C=O) groups excluding carboxylic acids is 1. The number of hydrogen-bond acceptors (Lipinski definition) is 5. The first-order chi connectivity index (χ1) is 12.3. The standard InChI is InChI=1S/C19H20N4O2/c24-18(21-12-15-7-3-4-10-20-15)14-6-5-11-23(13-14)19-22-16-8-1-2-9-17(16)25-19/h1-4,7-10,14H,5-6,11-13H2,(H,21,24). The Labute approximate surface area is 145 Å². The van der Waals surface area contributed by atoms with Gasteiger partial charge in [-0.1, -0.05) is 18.2 Å². The summed E-state index contributed by atoms with van der Waals surface area (Å²) in [5, 5.41) is 2.99. The number of amides is 1. The number of nitrogens with one attached hydrogen (secondary N) is 1. The number of para-hydroxylation sites is 2. The van der Waals surface area contributed by atoms with Gasteiger partial charge < -0.3 is 14.6 Å². The highest BCUT2D eigenvalue weighted by molar-refractivity contribution is 5.79. The van der Waals surface area contributed by atoms with Crippen LogP contribution in [0.2, 0.25) is 0 Å². The number of aromatic nitrogens is 2. The molecule has 0 bridgehead atoms. The molecule has 1 atom stereocenters. The van der Waals surface area contributed by atoms with Crippen LogP contribution in [-0.2, 0) is 11.3 Å². The summed E-state index contributed by atoms with van der Waals surface area (Å²) in [5.41, 5.74) is 2.49. The zero-order valence-electron chi connectivity index (χ0n) is 13.9. The Balaban J connectivity index is 1.41. The lowest BCUT2D eigenvalue weighted by Gasteiger charge is -2.30. The fraction of sp³-hybridized carbons (Fsp3) is 0.316. The van der Waals surface area contributed by atoms with Gasteiger partial charge in [0, 0.05) is 19.3 Å². The van der Waals surface area contributed by atoms with E-state index in [1.54, 1.807) is 6.20 Å². The van der Waals surface area contributed by atoms with Crippen LogP contribution in [0.1, 0.15) is 18.5 Å². The Morgan fingerprint density at radius 2 is 2.12 bits per heavy atom. The maximum absolute atomic E-state index is 12.5. The van der Waals surface area contributed by atoms with Crippen LogP contribution in [0.25, 0.3) is 11.1 Å². The number of carbonyl (C=O) groups is 1. The van der Waals surface area contributed by atoms with E-state index in [4.69, 9.17) is 4.42 Å². The van der Waals surface area contributed by atoms with Crippen molar-refractivity contribution in [1.29, 1.82) is 0 Å². The third-order valence-electron chi connectivity index (χ3n) is 4.52. The van der Waals surface area contributed by atoms with Gasteiger partial charge in [-0.05, 0) is 37.1 Å². The average molecular weight is 336 g/mol. The molecule has 0 spiro atoms. The normalized spacial score (nSPS) is 17.6. The number of piperidine rings is 1. The van der Waals surface area contributed by atoms with Crippen molar-refractivity contribution in [3.8, 4) is 0 Å². The fourth-order valence-electron chi connectivity index (χ4n) is 3.18. The van der Waals surface area contributed by atoms with E-state index in [1.165, 1.54) is 0 Å². The molecule has 1 aromatic carbocycles. The average Bonchev–Trinajstić information content (AvgIpc) is 3.11. The lowest BCUT2D eigenvalue weighted by atomic mass is 9.97. The molecule has 4 rings (SSSR count). The molecule has 25 heavy (non-hydrogen) atoms. The van der Waals surface area contributed by atoms with Crippen molar-refractivity contribution in [3.05, 3.63) is 54.4 Å². The lowest BCUT2D eigenvalue weighted by molar-refractivity contribution is -0.125. The van der Waals surface area contributed by atoms with E-state index in [0.717, 1.165) is 36.2 Å². The predicted molar refractivity (Wildman–Crippen MR) is 95.0 cm³/mol. The summed E-state index contributed by atoms with van der Waals surface area (Å²) in [6.45, 7) is 1.94. The van der Waals surface area contributed by atoms with Crippen LogP contribution in [-0.4, -0.2) is 29.0 Å². The van der Waals surface area contributed by atoms with E-state index in [2.05, 4.69) is 20.2 Å². The second-order valence-corrected chi connectivity index (χ2v) is 6.29. The highest BCUT2D eigenvalue weighted by Crippen LogP contribution is 2.26. The first-order valence-corrected chi connectivity index (χ1v) is 8.58. The number of fused-ring (bicyclic) bond motifs is 1. The van der Waals surface area contributed by atoms with E-state index in [0.29, 0.717) is 19.1 Å². The fourth-order valence-corrected chi connectivity index (χ4v) is 3.18. The quantitative estimate of drug-likeness (QED) is 0.793. The molecular weight excluding hydrogens is 316 g/mol. The SMILES string of the molecule is O=C(NCc1ccccn1)C1CCCN(c2nc3ccccc3o2)C1. The van der Waals surface area contributed by atoms with E-state index < -0.39 is 0 Å². The number of anilines is 1. The number of oxazole rings is 1. The Morgan fingerprint density at radius 3 is 2.96 bits per heavy atom. The minimum atomic E-state index is -0.0625. The minimum Gasteiger partial charge on any atom is -0.423 e. The van der Waals surface area contributed by atoms with Crippen LogP contribution < -0.4 is 10.2 Å². The Bertz CT molecular complexity index is 829. The van der Waals surface area contributed by atoms with Crippen molar-refractivity contribution in [1.82, 2.24) is 15.3 Å². The molecule has 1 unspecified atom stereocenters. The first kappa shape index (κ1) is 15.6. The van der Waals surface area contributed by atoms with Gasteiger partial charge in [0.15, 0.2) is 5.58 Å². The molecule has 2 aromatic heterocycles. The summed E-state index contributed by atoms with van der Waals surface area (Å²) in [7, 11) is 0. The van der Waals surface area contributed by atoms with E-state index in [-0.39, 0.29) is 11.8 Å². The summed E-state index contributed by atoms with van der Waals surface area (Å²) in [6, 6.07) is 14.0. The molecule has 1 fully saturated rings. The zero-order chi connectivity index (χ0) is 17.1. The minimum absolute atomic E-state index is 0.0615. The smallest absolute Gasteiger partial charge is 0.298 e. The van der Waals surface area contributed by atoms with Crippen molar-refractivity contribution in [2.45, 2.75) is 19.4 Å². The number of benzene rings is 1. The zero-order valence-corrected chi connectivity index (χ0v) is 13.9. The van der Waals surface area contributed by atoms with Crippen LogP contribution in [0.5, 0.6) is 0 Å². The topological polar surface area (TPSA) is 71.3 Å². The van der Waals surface area contributed by atoms with Gasteiger partial charge in [-0.3, -0.25) is 9.78 Å². The van der Waals surface area contributed by atoms with Crippen molar-refractivity contribution >= 4 is 23.0 Å². The number of pyridine rings is 1. The first-order valence-electron chi connectivity index (χ1n) is 8.58. The monoisotopic (exact) mass is 336 g/mol. The van der Waals surface area contributed by atoms with Crippen molar-refractivity contribution in [3.63, 3.8) is 0 Å². The van der Waals surface area contributed by atoms with Gasteiger partial charge in [-0.2, -0.15) is 4.98 Å². The van der Waals surface area contributed by atoms with Crippen LogP contribution in [0.3, 0.4) is 0 Å². The van der Waals surface area contributed by atoms with Crippen molar-refractivity contribution in [2.75, 3.05) is 18.0 Å². The highest BCUT2D eigenvalue weighted by Gasteiger charge is 2.28. The molecule has 1 saturated heterocycles. The summed E-state index contributed by atoms with van der Waals surface area (Å²) >= 11 is 0. The van der Waals surface area contributed by atoms with Crippen molar-refractivity contribution in [2.24, 2.45) is 5.92 Å². The van der Waals surface area contributed by atoms with E-state index in [1.807, 2.05) is 42.5 Å². The second-order valence-electron chi connectivity index (χ2n) is 6.29. The molecule has 1 aliphatic rings. The van der Waals surface area contributed by atoms with Gasteiger partial charge in [0.05, 0.1) is 18.2 Å². The highest BCUT2D eigenvalue weighted by atomic mass is 16.4. The van der Waals surface area contributed by atoms with Gasteiger partial charge in [0.25, 0.3) is 6.01 Å². The number of hydrogen-bond donors (Lipinski definition) is 1. The van der Waals surface area contributed by atoms with Crippen LogP contribution in [0.4, 0.5) is 6.01 Å². The third-order valence-corrected chi connectivity index (χ3v) is 4.52. The molecule has 128 valence electrons. The molecule has 3 aromatic rings. The summed E-state index contributed by atoms with van der Waals surface area (Å²) in [4.78, 5) is 23.3. The Kier molecular flexibility index (Phi) is 4.33. The van der Waals surface area contributed by atoms with Crippen LogP contribution >= 0.6 is 0 Å². The van der Waals surface area contributed by atoms with Gasteiger partial charge >= 0.3 is 0 Å². The van der Waals surface area contributed by atoms with Crippen LogP contribution in [0.15, 0.2) is 53.1 Å². The molecule has 0 radical (unpaired) electrons. The molecule has 1 N–H and O–H groups in total.